The van der Waals surface area contributed by atoms with Crippen molar-refractivity contribution in [2.24, 2.45) is 0 Å². The molecule has 0 fully saturated rings. The largest absolute Gasteiger partial charge is 0.357 e. The first-order valence-electron chi connectivity index (χ1n) is 11.3. The lowest BCUT2D eigenvalue weighted by Crippen LogP contribution is -2.50. The van der Waals surface area contributed by atoms with E-state index in [9.17, 15) is 18.0 Å². The maximum atomic E-state index is 13.8. The van der Waals surface area contributed by atoms with Gasteiger partial charge in [0.15, 0.2) is 0 Å². The van der Waals surface area contributed by atoms with E-state index >= 15 is 0 Å². The second-order valence-electron chi connectivity index (χ2n) is 8.45. The molecule has 2 amide bonds. The van der Waals surface area contributed by atoms with Crippen molar-refractivity contribution in [3.63, 3.8) is 0 Å². The van der Waals surface area contributed by atoms with Crippen LogP contribution in [0.25, 0.3) is 0 Å². The molecular formula is C26H25Cl4N3O4S. The molecule has 1 atom stereocenters. The number of nitrogens with one attached hydrogen (secondary N) is 1. The van der Waals surface area contributed by atoms with E-state index in [4.69, 9.17) is 46.4 Å². The highest BCUT2D eigenvalue weighted by Crippen LogP contribution is 2.35. The quantitative estimate of drug-likeness (QED) is 0.321. The van der Waals surface area contributed by atoms with Gasteiger partial charge in [-0.05, 0) is 55.8 Å². The van der Waals surface area contributed by atoms with Crippen LogP contribution in [-0.2, 0) is 26.2 Å². The summed E-state index contributed by atoms with van der Waals surface area (Å²) in [5.41, 5.74) is 1.40. The number of carbonyl (C=O) groups excluding carboxylic acids is 2. The van der Waals surface area contributed by atoms with E-state index in [1.807, 2.05) is 6.92 Å². The zero-order chi connectivity index (χ0) is 28.2. The third kappa shape index (κ3) is 6.74. The smallest absolute Gasteiger partial charge is 0.264 e. The van der Waals surface area contributed by atoms with Gasteiger partial charge in [0.1, 0.15) is 12.6 Å². The molecule has 38 heavy (non-hydrogen) atoms. The van der Waals surface area contributed by atoms with Gasteiger partial charge in [-0.25, -0.2) is 8.42 Å². The number of likely N-dealkylation sites (N-methyl/N-ethyl adjacent to an activating group) is 1. The van der Waals surface area contributed by atoms with E-state index < -0.39 is 34.4 Å². The molecule has 0 aliphatic rings. The summed E-state index contributed by atoms with van der Waals surface area (Å²) in [4.78, 5) is 27.6. The Bertz CT molecular complexity index is 1450. The van der Waals surface area contributed by atoms with E-state index in [1.165, 1.54) is 55.3 Å². The number of aryl methyl sites for hydroxylation is 1. The van der Waals surface area contributed by atoms with Crippen LogP contribution in [0.15, 0.2) is 65.6 Å². The summed E-state index contributed by atoms with van der Waals surface area (Å²) >= 11 is 25.0. The Balaban J connectivity index is 2.09. The average molecular weight is 617 g/mol. The van der Waals surface area contributed by atoms with Gasteiger partial charge in [-0.2, -0.15) is 0 Å². The Hall–Kier alpha value is -2.49. The number of nitrogens with zero attached hydrogens (tertiary/aromatic N) is 2. The molecule has 3 rings (SSSR count). The molecule has 0 aromatic heterocycles. The van der Waals surface area contributed by atoms with Crippen molar-refractivity contribution in [2.75, 3.05) is 17.9 Å². The van der Waals surface area contributed by atoms with Gasteiger partial charge in [-0.15, -0.1) is 0 Å². The lowest BCUT2D eigenvalue weighted by molar-refractivity contribution is -0.139. The molecule has 0 aliphatic heterocycles. The molecule has 1 N–H and O–H groups in total. The number of halogens is 4. The molecule has 0 heterocycles. The highest BCUT2D eigenvalue weighted by molar-refractivity contribution is 7.92. The minimum Gasteiger partial charge on any atom is -0.357 e. The Kier molecular flexibility index (Phi) is 9.95. The molecule has 0 saturated heterocycles. The summed E-state index contributed by atoms with van der Waals surface area (Å²) in [6, 6.07) is 14.5. The molecule has 3 aromatic carbocycles. The molecule has 0 bridgehead atoms. The van der Waals surface area contributed by atoms with E-state index in [1.54, 1.807) is 24.3 Å². The first-order valence-corrected chi connectivity index (χ1v) is 14.3. The highest BCUT2D eigenvalue weighted by Gasteiger charge is 2.33. The minimum atomic E-state index is -4.28. The van der Waals surface area contributed by atoms with Gasteiger partial charge in [-0.3, -0.25) is 13.9 Å². The minimum absolute atomic E-state index is 0.0187. The van der Waals surface area contributed by atoms with Crippen LogP contribution in [0.5, 0.6) is 0 Å². The van der Waals surface area contributed by atoms with Gasteiger partial charge < -0.3 is 10.2 Å². The molecule has 12 heteroatoms. The molecule has 0 aliphatic carbocycles. The molecule has 0 spiro atoms. The number of anilines is 1. The summed E-state index contributed by atoms with van der Waals surface area (Å²) < 4.78 is 28.5. The fourth-order valence-electron chi connectivity index (χ4n) is 3.66. The van der Waals surface area contributed by atoms with Crippen LogP contribution in [0, 0.1) is 6.92 Å². The lowest BCUT2D eigenvalue weighted by atomic mass is 10.1. The van der Waals surface area contributed by atoms with Gasteiger partial charge >= 0.3 is 0 Å². The molecule has 0 unspecified atom stereocenters. The van der Waals surface area contributed by atoms with Crippen molar-refractivity contribution >= 4 is 73.9 Å². The SMILES string of the molecule is CNC(=O)[C@@H](C)N(Cc1ccc(Cl)cc1Cl)C(=O)CN(c1cccc(Cl)c1Cl)S(=O)(=O)c1ccc(C)cc1. The van der Waals surface area contributed by atoms with E-state index in [-0.39, 0.29) is 27.2 Å². The fourth-order valence-corrected chi connectivity index (χ4v) is 6.00. The third-order valence-electron chi connectivity index (χ3n) is 5.86. The molecule has 0 saturated carbocycles. The maximum Gasteiger partial charge on any atom is 0.264 e. The van der Waals surface area contributed by atoms with Crippen LogP contribution in [0.1, 0.15) is 18.1 Å². The van der Waals surface area contributed by atoms with Crippen molar-refractivity contribution < 1.29 is 18.0 Å². The maximum absolute atomic E-state index is 13.8. The Morgan fingerprint density at radius 2 is 1.61 bits per heavy atom. The van der Waals surface area contributed by atoms with Gasteiger partial charge in [0.05, 0.1) is 20.6 Å². The first-order chi connectivity index (χ1) is 17.9. The second kappa shape index (κ2) is 12.6. The lowest BCUT2D eigenvalue weighted by Gasteiger charge is -2.32. The Morgan fingerprint density at radius 1 is 0.947 bits per heavy atom. The second-order valence-corrected chi connectivity index (χ2v) is 11.9. The monoisotopic (exact) mass is 615 g/mol. The van der Waals surface area contributed by atoms with Gasteiger partial charge in [-0.1, -0.05) is 76.2 Å². The summed E-state index contributed by atoms with van der Waals surface area (Å²) in [6.07, 6.45) is 0. The number of hydrogen-bond donors (Lipinski definition) is 1. The van der Waals surface area contributed by atoms with Crippen LogP contribution in [-0.4, -0.2) is 44.8 Å². The van der Waals surface area contributed by atoms with Crippen molar-refractivity contribution in [1.29, 1.82) is 0 Å². The van der Waals surface area contributed by atoms with Crippen molar-refractivity contribution in [3.05, 3.63) is 91.9 Å². The van der Waals surface area contributed by atoms with Crippen LogP contribution >= 0.6 is 46.4 Å². The van der Waals surface area contributed by atoms with Crippen molar-refractivity contribution in [3.8, 4) is 0 Å². The highest BCUT2D eigenvalue weighted by atomic mass is 35.5. The molecule has 0 radical (unpaired) electrons. The molecule has 202 valence electrons. The zero-order valence-electron chi connectivity index (χ0n) is 20.7. The Morgan fingerprint density at radius 3 is 2.21 bits per heavy atom. The van der Waals surface area contributed by atoms with Crippen molar-refractivity contribution in [1.82, 2.24) is 10.2 Å². The van der Waals surface area contributed by atoms with Crippen LogP contribution < -0.4 is 9.62 Å². The molecule has 7 nitrogen and oxygen atoms in total. The van der Waals surface area contributed by atoms with E-state index in [0.717, 1.165) is 9.87 Å². The number of benzene rings is 3. The summed E-state index contributed by atoms with van der Waals surface area (Å²) in [7, 11) is -2.84. The first kappa shape index (κ1) is 30.1. The number of rotatable bonds is 9. The summed E-state index contributed by atoms with van der Waals surface area (Å²) in [6.45, 7) is 2.62. The average Bonchev–Trinajstić information content (AvgIpc) is 2.88. The summed E-state index contributed by atoms with van der Waals surface area (Å²) in [5.74, 6) is -1.11. The predicted molar refractivity (Wildman–Crippen MR) is 153 cm³/mol. The number of carbonyl (C=O) groups is 2. The third-order valence-corrected chi connectivity index (χ3v) is 9.03. The van der Waals surface area contributed by atoms with Gasteiger partial charge in [0.25, 0.3) is 10.0 Å². The summed E-state index contributed by atoms with van der Waals surface area (Å²) in [5, 5.41) is 3.29. The zero-order valence-corrected chi connectivity index (χ0v) is 24.6. The van der Waals surface area contributed by atoms with Crippen LogP contribution in [0.2, 0.25) is 20.1 Å². The van der Waals surface area contributed by atoms with Crippen molar-refractivity contribution in [2.45, 2.75) is 31.3 Å². The Labute approximate surface area is 242 Å². The number of hydrogen-bond acceptors (Lipinski definition) is 4. The van der Waals surface area contributed by atoms with Crippen LogP contribution in [0.4, 0.5) is 5.69 Å². The number of sulfonamides is 1. The van der Waals surface area contributed by atoms with Crippen LogP contribution in [0.3, 0.4) is 0 Å². The van der Waals surface area contributed by atoms with Gasteiger partial charge in [0, 0.05) is 23.6 Å². The fraction of sp³-hybridized carbons (Fsp3) is 0.231. The predicted octanol–water partition coefficient (Wildman–Crippen LogP) is 5.97. The van der Waals surface area contributed by atoms with E-state index in [0.29, 0.717) is 15.6 Å². The standard InChI is InChI=1S/C26H25Cl4N3O4S/c1-16-7-11-20(12-8-16)38(36,37)33(23-6-4-5-21(28)25(23)30)15-24(34)32(17(2)26(35)31-3)14-18-9-10-19(27)13-22(18)29/h4-13,17H,14-15H2,1-3H3,(H,31,35)/t17-/m1/s1. The normalized spacial score (nSPS) is 12.1. The van der Waals surface area contributed by atoms with Gasteiger partial charge in [0.2, 0.25) is 11.8 Å². The topological polar surface area (TPSA) is 86.8 Å². The molecular weight excluding hydrogens is 592 g/mol. The number of amides is 2. The van der Waals surface area contributed by atoms with E-state index in [2.05, 4.69) is 5.32 Å². The molecule has 3 aromatic rings.